The van der Waals surface area contributed by atoms with Crippen molar-refractivity contribution in [1.29, 1.82) is 0 Å². The Bertz CT molecular complexity index is 327. The fourth-order valence-corrected chi connectivity index (χ4v) is 2.26. The Kier molecular flexibility index (Phi) is 3.23. The van der Waals surface area contributed by atoms with E-state index in [1.807, 2.05) is 18.2 Å². The van der Waals surface area contributed by atoms with Crippen LogP contribution in [0.2, 0.25) is 0 Å². The van der Waals surface area contributed by atoms with Gasteiger partial charge in [-0.1, -0.05) is 18.2 Å². The van der Waals surface area contributed by atoms with E-state index in [-0.39, 0.29) is 6.61 Å². The standard InChI is InChI=1S/C12H17NO2/c1-15-12-5-3-2-4-10(12)11-7-13-6-9(11)8-14/h2-5,9,11,13-14H,6-8H2,1H3/t9-,11+/m1/s1. The van der Waals surface area contributed by atoms with Crippen LogP contribution in [0.15, 0.2) is 24.3 Å². The molecule has 0 bridgehead atoms. The number of hydrogen-bond acceptors (Lipinski definition) is 3. The zero-order valence-electron chi connectivity index (χ0n) is 8.94. The number of hydrogen-bond donors (Lipinski definition) is 2. The molecule has 0 aromatic heterocycles. The van der Waals surface area contributed by atoms with Gasteiger partial charge in [-0.2, -0.15) is 0 Å². The molecule has 0 amide bonds. The number of methoxy groups -OCH3 is 1. The average Bonchev–Trinajstić information content (AvgIpc) is 2.76. The predicted octanol–water partition coefficient (Wildman–Crippen LogP) is 0.990. The fraction of sp³-hybridized carbons (Fsp3) is 0.500. The molecule has 2 N–H and O–H groups in total. The van der Waals surface area contributed by atoms with Crippen LogP contribution in [-0.2, 0) is 0 Å². The van der Waals surface area contributed by atoms with Crippen molar-refractivity contribution in [2.45, 2.75) is 5.92 Å². The van der Waals surface area contributed by atoms with Crippen molar-refractivity contribution in [3.63, 3.8) is 0 Å². The van der Waals surface area contributed by atoms with Crippen LogP contribution in [0.5, 0.6) is 5.75 Å². The molecule has 1 aliphatic heterocycles. The molecule has 0 spiro atoms. The van der Waals surface area contributed by atoms with Gasteiger partial charge in [0, 0.05) is 31.5 Å². The van der Waals surface area contributed by atoms with Crippen LogP contribution in [0.4, 0.5) is 0 Å². The molecule has 1 heterocycles. The van der Waals surface area contributed by atoms with E-state index in [2.05, 4.69) is 11.4 Å². The van der Waals surface area contributed by atoms with Gasteiger partial charge in [0.15, 0.2) is 0 Å². The van der Waals surface area contributed by atoms with Crippen LogP contribution in [0.3, 0.4) is 0 Å². The highest BCUT2D eigenvalue weighted by Crippen LogP contribution is 2.33. The molecule has 15 heavy (non-hydrogen) atoms. The molecule has 0 saturated carbocycles. The number of ether oxygens (including phenoxy) is 1. The first-order valence-electron chi connectivity index (χ1n) is 5.31. The van der Waals surface area contributed by atoms with Gasteiger partial charge in [-0.25, -0.2) is 0 Å². The minimum absolute atomic E-state index is 0.232. The Morgan fingerprint density at radius 3 is 2.93 bits per heavy atom. The van der Waals surface area contributed by atoms with Gasteiger partial charge in [0.05, 0.1) is 7.11 Å². The first kappa shape index (κ1) is 10.5. The molecule has 3 nitrogen and oxygen atoms in total. The second kappa shape index (κ2) is 4.64. The van der Waals surface area contributed by atoms with E-state index >= 15 is 0 Å². The summed E-state index contributed by atoms with van der Waals surface area (Å²) in [6, 6.07) is 8.05. The van der Waals surface area contributed by atoms with Crippen LogP contribution >= 0.6 is 0 Å². The molecule has 1 aromatic rings. The lowest BCUT2D eigenvalue weighted by molar-refractivity contribution is 0.225. The summed E-state index contributed by atoms with van der Waals surface area (Å²) in [5.74, 6) is 1.59. The highest BCUT2D eigenvalue weighted by Gasteiger charge is 2.29. The zero-order valence-corrected chi connectivity index (χ0v) is 8.94. The quantitative estimate of drug-likeness (QED) is 0.776. The summed E-state index contributed by atoms with van der Waals surface area (Å²) in [5.41, 5.74) is 1.20. The highest BCUT2D eigenvalue weighted by molar-refractivity contribution is 5.37. The molecule has 0 radical (unpaired) electrons. The van der Waals surface area contributed by atoms with Gasteiger partial charge < -0.3 is 15.2 Å². The van der Waals surface area contributed by atoms with Crippen molar-refractivity contribution >= 4 is 0 Å². The van der Waals surface area contributed by atoms with Crippen molar-refractivity contribution < 1.29 is 9.84 Å². The molecule has 1 aromatic carbocycles. The second-order valence-electron chi connectivity index (χ2n) is 3.95. The van der Waals surface area contributed by atoms with Gasteiger partial charge in [-0.05, 0) is 11.6 Å². The molecular weight excluding hydrogens is 190 g/mol. The molecule has 2 atom stereocenters. The van der Waals surface area contributed by atoms with Crippen molar-refractivity contribution in [2.24, 2.45) is 5.92 Å². The van der Waals surface area contributed by atoms with Crippen LogP contribution in [0.25, 0.3) is 0 Å². The Morgan fingerprint density at radius 1 is 1.40 bits per heavy atom. The largest absolute Gasteiger partial charge is 0.496 e. The third-order valence-electron chi connectivity index (χ3n) is 3.11. The molecule has 82 valence electrons. The summed E-state index contributed by atoms with van der Waals surface area (Å²) in [6.07, 6.45) is 0. The summed E-state index contributed by atoms with van der Waals surface area (Å²) >= 11 is 0. The van der Waals surface area contributed by atoms with Crippen LogP contribution in [0, 0.1) is 5.92 Å². The van der Waals surface area contributed by atoms with Gasteiger partial charge in [-0.15, -0.1) is 0 Å². The summed E-state index contributed by atoms with van der Waals surface area (Å²) in [5, 5.41) is 12.6. The average molecular weight is 207 g/mol. The van der Waals surface area contributed by atoms with E-state index in [0.717, 1.165) is 18.8 Å². The maximum Gasteiger partial charge on any atom is 0.122 e. The molecule has 0 aliphatic carbocycles. The monoisotopic (exact) mass is 207 g/mol. The topological polar surface area (TPSA) is 41.5 Å². The Hall–Kier alpha value is -1.06. The highest BCUT2D eigenvalue weighted by atomic mass is 16.5. The third-order valence-corrected chi connectivity index (χ3v) is 3.11. The van der Waals surface area contributed by atoms with E-state index in [4.69, 9.17) is 4.74 Å². The number of benzene rings is 1. The Labute approximate surface area is 90.1 Å². The van der Waals surface area contributed by atoms with Crippen LogP contribution in [0.1, 0.15) is 11.5 Å². The summed E-state index contributed by atoms with van der Waals surface area (Å²) in [4.78, 5) is 0. The first-order valence-corrected chi connectivity index (χ1v) is 5.31. The summed E-state index contributed by atoms with van der Waals surface area (Å²) in [6.45, 7) is 2.04. The van der Waals surface area contributed by atoms with Gasteiger partial charge in [0.25, 0.3) is 0 Å². The van der Waals surface area contributed by atoms with Gasteiger partial charge in [-0.3, -0.25) is 0 Å². The number of rotatable bonds is 3. The summed E-state index contributed by atoms with van der Waals surface area (Å²) in [7, 11) is 1.69. The third kappa shape index (κ3) is 1.98. The predicted molar refractivity (Wildman–Crippen MR) is 59.2 cm³/mol. The fourth-order valence-electron chi connectivity index (χ4n) is 2.26. The normalized spacial score (nSPS) is 25.5. The van der Waals surface area contributed by atoms with Crippen molar-refractivity contribution in [2.75, 3.05) is 26.8 Å². The SMILES string of the molecule is COc1ccccc1[C@H]1CNC[C@@H]1CO. The molecule has 3 heteroatoms. The molecule has 0 unspecified atom stereocenters. The van der Waals surface area contributed by atoms with Crippen molar-refractivity contribution in [3.05, 3.63) is 29.8 Å². The van der Waals surface area contributed by atoms with E-state index in [1.54, 1.807) is 7.11 Å². The minimum Gasteiger partial charge on any atom is -0.496 e. The van der Waals surface area contributed by atoms with Gasteiger partial charge in [0.2, 0.25) is 0 Å². The molecule has 1 saturated heterocycles. The van der Waals surface area contributed by atoms with Gasteiger partial charge >= 0.3 is 0 Å². The number of aliphatic hydroxyl groups excluding tert-OH is 1. The molecule has 1 fully saturated rings. The lowest BCUT2D eigenvalue weighted by Crippen LogP contribution is -2.15. The minimum atomic E-state index is 0.232. The van der Waals surface area contributed by atoms with E-state index in [9.17, 15) is 5.11 Å². The molecular formula is C12H17NO2. The van der Waals surface area contributed by atoms with Crippen molar-refractivity contribution in [3.8, 4) is 5.75 Å². The molecule has 2 rings (SSSR count). The number of nitrogens with one attached hydrogen (secondary N) is 1. The van der Waals surface area contributed by atoms with Crippen molar-refractivity contribution in [1.82, 2.24) is 5.32 Å². The number of aliphatic hydroxyl groups is 1. The zero-order chi connectivity index (χ0) is 10.7. The Balaban J connectivity index is 2.27. The Morgan fingerprint density at radius 2 is 2.20 bits per heavy atom. The molecule has 1 aliphatic rings. The lowest BCUT2D eigenvalue weighted by Gasteiger charge is -2.19. The van der Waals surface area contributed by atoms with Crippen LogP contribution in [-0.4, -0.2) is 31.9 Å². The van der Waals surface area contributed by atoms with E-state index < -0.39 is 0 Å². The second-order valence-corrected chi connectivity index (χ2v) is 3.95. The van der Waals surface area contributed by atoms with E-state index in [0.29, 0.717) is 11.8 Å². The summed E-state index contributed by atoms with van der Waals surface area (Å²) < 4.78 is 5.34. The van der Waals surface area contributed by atoms with Gasteiger partial charge in [0.1, 0.15) is 5.75 Å². The maximum absolute atomic E-state index is 9.28. The maximum atomic E-state index is 9.28. The van der Waals surface area contributed by atoms with Crippen LogP contribution < -0.4 is 10.1 Å². The number of para-hydroxylation sites is 1. The smallest absolute Gasteiger partial charge is 0.122 e. The first-order chi connectivity index (χ1) is 7.36. The lowest BCUT2D eigenvalue weighted by atomic mass is 9.89. The van der Waals surface area contributed by atoms with E-state index in [1.165, 1.54) is 5.56 Å².